The Labute approximate surface area is 195 Å². The number of aliphatic carboxylic acids is 1. The van der Waals surface area contributed by atoms with Gasteiger partial charge in [0.1, 0.15) is 11.4 Å². The number of nitrogens with one attached hydrogen (secondary N) is 1. The van der Waals surface area contributed by atoms with E-state index in [0.29, 0.717) is 18.9 Å². The molecule has 1 aromatic carbocycles. The number of aromatic carboxylic acids is 1. The molecule has 1 heterocycles. The topological polar surface area (TPSA) is 137 Å². The summed E-state index contributed by atoms with van der Waals surface area (Å²) in [5, 5.41) is 16.8. The lowest BCUT2D eigenvalue weighted by Gasteiger charge is -2.25. The number of halogens is 3. The summed E-state index contributed by atoms with van der Waals surface area (Å²) in [5.41, 5.74) is 1.16. The molecule has 3 N–H and O–H groups in total. The Morgan fingerprint density at radius 2 is 1.71 bits per heavy atom. The number of carboxylic acids is 2. The zero-order chi connectivity index (χ0) is 25.9. The molecule has 0 radical (unpaired) electrons. The van der Waals surface area contributed by atoms with E-state index in [1.807, 2.05) is 35.2 Å². The first-order valence-electron chi connectivity index (χ1n) is 10.1. The van der Waals surface area contributed by atoms with Crippen LogP contribution in [0.3, 0.4) is 0 Å². The Kier molecular flexibility index (Phi) is 10.8. The molecular weight excluding hydrogens is 479 g/mol. The highest BCUT2D eigenvalue weighted by molar-refractivity contribution is 7.92. The van der Waals surface area contributed by atoms with Crippen LogP contribution in [0.2, 0.25) is 0 Å². The van der Waals surface area contributed by atoms with Crippen LogP contribution in [0.25, 0.3) is 0 Å². The van der Waals surface area contributed by atoms with Gasteiger partial charge in [-0.1, -0.05) is 43.7 Å². The molecule has 0 unspecified atom stereocenters. The predicted octanol–water partition coefficient (Wildman–Crippen LogP) is 3.98. The third kappa shape index (κ3) is 9.65. The van der Waals surface area contributed by atoms with Gasteiger partial charge in [0.15, 0.2) is 0 Å². The Balaban J connectivity index is 0.000000718. The summed E-state index contributed by atoms with van der Waals surface area (Å²) in [6.07, 6.45) is -1.88. The molecule has 0 saturated carbocycles. The van der Waals surface area contributed by atoms with Crippen LogP contribution in [0.5, 0.6) is 0 Å². The number of carboxylic acid groups (broad SMARTS) is 2. The first kappa shape index (κ1) is 28.7. The number of unbranched alkanes of at least 4 members (excludes halogenated alkanes) is 1. The van der Waals surface area contributed by atoms with Crippen molar-refractivity contribution < 1.29 is 41.4 Å². The molecule has 13 heteroatoms. The first-order valence-corrected chi connectivity index (χ1v) is 11.8. The van der Waals surface area contributed by atoms with Gasteiger partial charge in [0, 0.05) is 13.1 Å². The van der Waals surface area contributed by atoms with Crippen molar-refractivity contribution in [2.24, 2.45) is 0 Å². The number of nitrogens with zero attached hydrogens (tertiary/aromatic N) is 2. The maximum atomic E-state index is 11.8. The summed E-state index contributed by atoms with van der Waals surface area (Å²) in [7, 11) is -3.51. The second kappa shape index (κ2) is 12.8. The van der Waals surface area contributed by atoms with E-state index in [-0.39, 0.29) is 17.0 Å². The lowest BCUT2D eigenvalue weighted by atomic mass is 10.1. The third-order valence-electron chi connectivity index (χ3n) is 4.29. The number of benzene rings is 1. The molecule has 2 aromatic rings. The SMILES string of the molecule is CCCCN(Cc1ccccc1)c1ncc(NS(=O)(=O)CC)cc1C(=O)O.O=C(O)C(F)(F)F. The average Bonchev–Trinajstić information content (AvgIpc) is 2.77. The van der Waals surface area contributed by atoms with E-state index in [9.17, 15) is 31.5 Å². The standard InChI is InChI=1S/C19H25N3O4S.C2HF3O2/c1-3-5-11-22(14-15-9-7-6-8-10-15)18-17(19(23)24)12-16(13-20-18)21-27(25,26)4-2;3-2(4,5)1(6)7/h6-10,12-13,21H,3-5,11,14H2,1-2H3,(H,23,24);(H,6,7). The van der Waals surface area contributed by atoms with Crippen LogP contribution in [-0.4, -0.2) is 54.0 Å². The highest BCUT2D eigenvalue weighted by Crippen LogP contribution is 2.24. The highest BCUT2D eigenvalue weighted by atomic mass is 32.2. The number of rotatable bonds is 10. The second-order valence-electron chi connectivity index (χ2n) is 6.97. The minimum absolute atomic E-state index is 0.0293. The van der Waals surface area contributed by atoms with Crippen LogP contribution in [0.1, 0.15) is 42.6 Å². The predicted molar refractivity (Wildman–Crippen MR) is 120 cm³/mol. The maximum absolute atomic E-state index is 11.8. The van der Waals surface area contributed by atoms with Gasteiger partial charge >= 0.3 is 18.1 Å². The minimum atomic E-state index is -5.08. The number of anilines is 2. The molecule has 0 aliphatic heterocycles. The Morgan fingerprint density at radius 1 is 1.12 bits per heavy atom. The summed E-state index contributed by atoms with van der Waals surface area (Å²) in [6.45, 7) is 4.75. The quantitative estimate of drug-likeness (QED) is 0.441. The fourth-order valence-electron chi connectivity index (χ4n) is 2.59. The molecule has 0 bridgehead atoms. The summed E-state index contributed by atoms with van der Waals surface area (Å²) in [5.74, 6) is -3.68. The van der Waals surface area contributed by atoms with Crippen LogP contribution in [-0.2, 0) is 21.4 Å². The number of pyridine rings is 1. The largest absolute Gasteiger partial charge is 0.490 e. The lowest BCUT2D eigenvalue weighted by molar-refractivity contribution is -0.192. The molecule has 0 aliphatic carbocycles. The van der Waals surface area contributed by atoms with E-state index >= 15 is 0 Å². The van der Waals surface area contributed by atoms with E-state index in [4.69, 9.17) is 9.90 Å². The van der Waals surface area contributed by atoms with Crippen molar-refractivity contribution >= 4 is 33.5 Å². The highest BCUT2D eigenvalue weighted by Gasteiger charge is 2.38. The van der Waals surface area contributed by atoms with E-state index in [2.05, 4.69) is 16.6 Å². The normalized spacial score (nSPS) is 11.2. The lowest BCUT2D eigenvalue weighted by Crippen LogP contribution is -2.27. The smallest absolute Gasteiger partial charge is 0.478 e. The van der Waals surface area contributed by atoms with Crippen molar-refractivity contribution in [3.8, 4) is 0 Å². The fourth-order valence-corrected chi connectivity index (χ4v) is 3.20. The van der Waals surface area contributed by atoms with Crippen LogP contribution < -0.4 is 9.62 Å². The van der Waals surface area contributed by atoms with Crippen molar-refractivity contribution in [2.75, 3.05) is 21.9 Å². The van der Waals surface area contributed by atoms with E-state index in [0.717, 1.165) is 18.4 Å². The van der Waals surface area contributed by atoms with E-state index in [1.54, 1.807) is 0 Å². The third-order valence-corrected chi connectivity index (χ3v) is 5.60. The van der Waals surface area contributed by atoms with E-state index in [1.165, 1.54) is 19.2 Å². The number of hydrogen-bond donors (Lipinski definition) is 3. The van der Waals surface area contributed by atoms with Crippen molar-refractivity contribution in [3.63, 3.8) is 0 Å². The van der Waals surface area contributed by atoms with Crippen LogP contribution in [0.4, 0.5) is 24.7 Å². The van der Waals surface area contributed by atoms with Crippen molar-refractivity contribution in [3.05, 3.63) is 53.7 Å². The molecule has 9 nitrogen and oxygen atoms in total. The van der Waals surface area contributed by atoms with Gasteiger partial charge in [0.25, 0.3) is 0 Å². The molecule has 0 spiro atoms. The minimum Gasteiger partial charge on any atom is -0.478 e. The zero-order valence-electron chi connectivity index (χ0n) is 18.5. The number of sulfonamides is 1. The fraction of sp³-hybridized carbons (Fsp3) is 0.381. The molecule has 188 valence electrons. The van der Waals surface area contributed by atoms with Gasteiger partial charge in [0.05, 0.1) is 17.6 Å². The van der Waals surface area contributed by atoms with Crippen LogP contribution in [0.15, 0.2) is 42.6 Å². The van der Waals surface area contributed by atoms with Crippen LogP contribution in [0, 0.1) is 0 Å². The summed E-state index contributed by atoms with van der Waals surface area (Å²) in [4.78, 5) is 26.9. The van der Waals surface area contributed by atoms with Gasteiger partial charge < -0.3 is 15.1 Å². The molecule has 0 saturated heterocycles. The summed E-state index contributed by atoms with van der Waals surface area (Å²) in [6, 6.07) is 11.1. The molecule has 0 aliphatic rings. The van der Waals surface area contributed by atoms with Crippen molar-refractivity contribution in [1.82, 2.24) is 4.98 Å². The van der Waals surface area contributed by atoms with Gasteiger partial charge in [-0.25, -0.2) is 23.0 Å². The molecule has 0 amide bonds. The maximum Gasteiger partial charge on any atom is 0.490 e. The first-order chi connectivity index (χ1) is 15.8. The Hall–Kier alpha value is -3.35. The second-order valence-corrected chi connectivity index (χ2v) is 8.98. The van der Waals surface area contributed by atoms with Gasteiger partial charge in [-0.15, -0.1) is 0 Å². The van der Waals surface area contributed by atoms with Crippen LogP contribution >= 0.6 is 0 Å². The van der Waals surface area contributed by atoms with E-state index < -0.39 is 28.1 Å². The number of alkyl halides is 3. The Bertz CT molecular complexity index is 1060. The molecule has 0 atom stereocenters. The molecule has 34 heavy (non-hydrogen) atoms. The zero-order valence-corrected chi connectivity index (χ0v) is 19.4. The summed E-state index contributed by atoms with van der Waals surface area (Å²) >= 11 is 0. The average molecular weight is 506 g/mol. The summed E-state index contributed by atoms with van der Waals surface area (Å²) < 4.78 is 57.6. The molecular formula is C21H26F3N3O6S. The number of carbonyl (C=O) groups is 2. The molecule has 0 fully saturated rings. The molecule has 1 aromatic heterocycles. The number of aromatic nitrogens is 1. The van der Waals surface area contributed by atoms with Crippen molar-refractivity contribution in [1.29, 1.82) is 0 Å². The van der Waals surface area contributed by atoms with Gasteiger partial charge in [-0.2, -0.15) is 13.2 Å². The Morgan fingerprint density at radius 3 is 2.18 bits per heavy atom. The van der Waals surface area contributed by atoms with Gasteiger partial charge in [0.2, 0.25) is 10.0 Å². The van der Waals surface area contributed by atoms with Crippen molar-refractivity contribution in [2.45, 2.75) is 39.4 Å². The molecule has 2 rings (SSSR count). The number of hydrogen-bond acceptors (Lipinski definition) is 6. The van der Waals surface area contributed by atoms with Gasteiger partial charge in [-0.05, 0) is 25.0 Å². The monoisotopic (exact) mass is 505 g/mol. The van der Waals surface area contributed by atoms with Gasteiger partial charge in [-0.3, -0.25) is 4.72 Å².